The second kappa shape index (κ2) is 3.35. The minimum atomic E-state index is -4.63. The summed E-state index contributed by atoms with van der Waals surface area (Å²) in [4.78, 5) is 3.21. The third-order valence-electron chi connectivity index (χ3n) is 1.43. The lowest BCUT2D eigenvalue weighted by atomic mass is 10.2. The molecule has 0 aromatic carbocycles. The van der Waals surface area contributed by atoms with Crippen LogP contribution in [0.15, 0.2) is 6.07 Å². The van der Waals surface area contributed by atoms with Crippen molar-refractivity contribution in [2.24, 2.45) is 0 Å². The SMILES string of the molecule is N#Cc1cc(C(F)(F)F)c(N)nc1Cl. The molecule has 1 heterocycles. The Kier molecular flexibility index (Phi) is 2.53. The number of hydrogen-bond donors (Lipinski definition) is 1. The summed E-state index contributed by atoms with van der Waals surface area (Å²) in [6.45, 7) is 0. The largest absolute Gasteiger partial charge is 0.419 e. The standard InChI is InChI=1S/C7H3ClF3N3/c8-5-3(2-12)1-4(6(13)14-5)7(9,10)11/h1H,(H2,13,14). The number of nitriles is 1. The van der Waals surface area contributed by atoms with Crippen LogP contribution in [0.1, 0.15) is 11.1 Å². The zero-order valence-electron chi connectivity index (χ0n) is 6.56. The van der Waals surface area contributed by atoms with E-state index in [4.69, 9.17) is 22.6 Å². The minimum Gasteiger partial charge on any atom is -0.383 e. The van der Waals surface area contributed by atoms with Crippen molar-refractivity contribution in [3.05, 3.63) is 22.3 Å². The van der Waals surface area contributed by atoms with Crippen molar-refractivity contribution in [1.29, 1.82) is 5.26 Å². The molecule has 0 saturated heterocycles. The lowest BCUT2D eigenvalue weighted by molar-refractivity contribution is -0.137. The van der Waals surface area contributed by atoms with Gasteiger partial charge in [-0.15, -0.1) is 0 Å². The highest BCUT2D eigenvalue weighted by Crippen LogP contribution is 2.34. The van der Waals surface area contributed by atoms with E-state index in [9.17, 15) is 13.2 Å². The maximum Gasteiger partial charge on any atom is 0.419 e. The van der Waals surface area contributed by atoms with Crippen LogP contribution in [0.3, 0.4) is 0 Å². The van der Waals surface area contributed by atoms with Gasteiger partial charge in [0.05, 0.1) is 11.1 Å². The molecule has 7 heteroatoms. The maximum atomic E-state index is 12.2. The van der Waals surface area contributed by atoms with Crippen molar-refractivity contribution in [2.45, 2.75) is 6.18 Å². The molecule has 0 saturated carbocycles. The summed E-state index contributed by atoms with van der Waals surface area (Å²) in [5, 5.41) is 8.08. The number of halogens is 4. The van der Waals surface area contributed by atoms with Crippen molar-refractivity contribution >= 4 is 17.4 Å². The predicted molar refractivity (Wildman–Crippen MR) is 43.4 cm³/mol. The lowest BCUT2D eigenvalue weighted by Gasteiger charge is -2.09. The molecule has 0 aliphatic carbocycles. The van der Waals surface area contributed by atoms with Gasteiger partial charge >= 0.3 is 6.18 Å². The van der Waals surface area contributed by atoms with Crippen LogP contribution in [0.5, 0.6) is 0 Å². The molecule has 0 unspecified atom stereocenters. The highest BCUT2D eigenvalue weighted by atomic mass is 35.5. The maximum absolute atomic E-state index is 12.2. The molecule has 2 N–H and O–H groups in total. The van der Waals surface area contributed by atoms with E-state index in [1.54, 1.807) is 0 Å². The van der Waals surface area contributed by atoms with Gasteiger partial charge in [-0.25, -0.2) is 4.98 Å². The second-order valence-electron chi connectivity index (χ2n) is 2.37. The number of pyridine rings is 1. The summed E-state index contributed by atoms with van der Waals surface area (Å²) in [5.74, 6) is -0.735. The van der Waals surface area contributed by atoms with Crippen LogP contribution in [0.4, 0.5) is 19.0 Å². The molecule has 14 heavy (non-hydrogen) atoms. The van der Waals surface area contributed by atoms with E-state index < -0.39 is 17.6 Å². The Morgan fingerprint density at radius 1 is 1.50 bits per heavy atom. The third kappa shape index (κ3) is 1.88. The normalized spacial score (nSPS) is 11.1. The van der Waals surface area contributed by atoms with Crippen LogP contribution in [-0.4, -0.2) is 4.98 Å². The first-order valence-electron chi connectivity index (χ1n) is 3.29. The Labute approximate surface area is 81.9 Å². The van der Waals surface area contributed by atoms with Gasteiger partial charge in [-0.05, 0) is 6.07 Å². The van der Waals surface area contributed by atoms with Crippen LogP contribution in [0.2, 0.25) is 5.15 Å². The van der Waals surface area contributed by atoms with Gasteiger partial charge in [0.25, 0.3) is 0 Å². The first-order chi connectivity index (χ1) is 6.36. The molecule has 1 aromatic rings. The smallest absolute Gasteiger partial charge is 0.383 e. The topological polar surface area (TPSA) is 62.7 Å². The zero-order chi connectivity index (χ0) is 10.9. The minimum absolute atomic E-state index is 0.335. The fraction of sp³-hybridized carbons (Fsp3) is 0.143. The number of nitrogens with zero attached hydrogens (tertiary/aromatic N) is 2. The lowest BCUT2D eigenvalue weighted by Crippen LogP contribution is -2.11. The van der Waals surface area contributed by atoms with Crippen molar-refractivity contribution in [1.82, 2.24) is 4.98 Å². The number of nitrogens with two attached hydrogens (primary N) is 1. The molecule has 3 nitrogen and oxygen atoms in total. The van der Waals surface area contributed by atoms with Crippen LogP contribution in [-0.2, 0) is 6.18 Å². The van der Waals surface area contributed by atoms with Gasteiger partial charge in [-0.3, -0.25) is 0 Å². The summed E-state index contributed by atoms with van der Waals surface area (Å²) in [6.07, 6.45) is -4.63. The Balaban J connectivity index is 3.41. The monoisotopic (exact) mass is 221 g/mol. The number of hydrogen-bond acceptors (Lipinski definition) is 3. The summed E-state index contributed by atoms with van der Waals surface area (Å²) in [5.41, 5.74) is 3.50. The van der Waals surface area contributed by atoms with Gasteiger partial charge in [-0.1, -0.05) is 11.6 Å². The molecule has 0 fully saturated rings. The van der Waals surface area contributed by atoms with E-state index >= 15 is 0 Å². The predicted octanol–water partition coefficient (Wildman–Crippen LogP) is 2.21. The van der Waals surface area contributed by atoms with Crippen LogP contribution >= 0.6 is 11.6 Å². The van der Waals surface area contributed by atoms with Gasteiger partial charge in [0.1, 0.15) is 17.0 Å². The average Bonchev–Trinajstić information content (AvgIpc) is 2.02. The Morgan fingerprint density at radius 3 is 2.50 bits per heavy atom. The number of alkyl halides is 3. The Hall–Kier alpha value is -1.48. The summed E-state index contributed by atoms with van der Waals surface area (Å²) in [7, 11) is 0. The molecule has 0 atom stereocenters. The van der Waals surface area contributed by atoms with Crippen LogP contribution in [0.25, 0.3) is 0 Å². The van der Waals surface area contributed by atoms with Crippen LogP contribution in [0, 0.1) is 11.3 Å². The van der Waals surface area contributed by atoms with Gasteiger partial charge in [0.15, 0.2) is 0 Å². The van der Waals surface area contributed by atoms with Crippen molar-refractivity contribution in [2.75, 3.05) is 5.73 Å². The Bertz CT molecular complexity index is 408. The molecular weight excluding hydrogens is 219 g/mol. The zero-order valence-corrected chi connectivity index (χ0v) is 7.32. The van der Waals surface area contributed by atoms with E-state index in [0.717, 1.165) is 0 Å². The molecular formula is C7H3ClF3N3. The quantitative estimate of drug-likeness (QED) is 0.683. The molecule has 0 amide bonds. The molecule has 0 radical (unpaired) electrons. The van der Waals surface area contributed by atoms with E-state index in [-0.39, 0.29) is 10.7 Å². The summed E-state index contributed by atoms with van der Waals surface area (Å²) in [6, 6.07) is 2.06. The van der Waals surface area contributed by atoms with Crippen molar-refractivity contribution in [3.8, 4) is 6.07 Å². The molecule has 0 aliphatic heterocycles. The summed E-state index contributed by atoms with van der Waals surface area (Å²) < 4.78 is 36.7. The summed E-state index contributed by atoms with van der Waals surface area (Å²) >= 11 is 5.37. The molecule has 74 valence electrons. The number of anilines is 1. The highest BCUT2D eigenvalue weighted by Gasteiger charge is 2.34. The molecule has 1 aromatic heterocycles. The number of rotatable bonds is 0. The van der Waals surface area contributed by atoms with E-state index in [1.807, 2.05) is 0 Å². The molecule has 0 aliphatic rings. The Morgan fingerprint density at radius 2 is 2.07 bits per heavy atom. The highest BCUT2D eigenvalue weighted by molar-refractivity contribution is 6.30. The fourth-order valence-corrected chi connectivity index (χ4v) is 0.997. The van der Waals surface area contributed by atoms with E-state index in [0.29, 0.717) is 6.07 Å². The number of aromatic nitrogens is 1. The fourth-order valence-electron chi connectivity index (χ4n) is 0.809. The average molecular weight is 222 g/mol. The second-order valence-corrected chi connectivity index (χ2v) is 2.73. The van der Waals surface area contributed by atoms with Gasteiger partial charge < -0.3 is 5.73 Å². The van der Waals surface area contributed by atoms with E-state index in [2.05, 4.69) is 4.98 Å². The van der Waals surface area contributed by atoms with E-state index in [1.165, 1.54) is 6.07 Å². The van der Waals surface area contributed by atoms with Gasteiger partial charge in [-0.2, -0.15) is 18.4 Å². The van der Waals surface area contributed by atoms with Crippen molar-refractivity contribution < 1.29 is 13.2 Å². The molecule has 1 rings (SSSR count). The first-order valence-corrected chi connectivity index (χ1v) is 3.67. The van der Waals surface area contributed by atoms with Gasteiger partial charge in [0, 0.05) is 0 Å². The van der Waals surface area contributed by atoms with Gasteiger partial charge in [0.2, 0.25) is 0 Å². The molecule has 0 spiro atoms. The number of nitrogen functional groups attached to an aromatic ring is 1. The molecule has 0 bridgehead atoms. The van der Waals surface area contributed by atoms with Crippen LogP contribution < -0.4 is 5.73 Å². The third-order valence-corrected chi connectivity index (χ3v) is 1.72. The first kappa shape index (κ1) is 10.6. The van der Waals surface area contributed by atoms with Crippen molar-refractivity contribution in [3.63, 3.8) is 0 Å².